The van der Waals surface area contributed by atoms with E-state index in [1.165, 1.54) is 0 Å². The normalized spacial score (nSPS) is 12.2. The van der Waals surface area contributed by atoms with Gasteiger partial charge in [0, 0.05) is 12.2 Å². The molecule has 0 saturated carbocycles. The van der Waals surface area contributed by atoms with Crippen LogP contribution in [0.5, 0.6) is 0 Å². The SMILES string of the molecule is C/C(=C\COCC(C)C)C(N)=O. The van der Waals surface area contributed by atoms with Crippen LogP contribution in [0.25, 0.3) is 0 Å². The Morgan fingerprint density at radius 3 is 2.58 bits per heavy atom. The van der Waals surface area contributed by atoms with Crippen LogP contribution < -0.4 is 5.73 Å². The smallest absolute Gasteiger partial charge is 0.244 e. The lowest BCUT2D eigenvalue weighted by atomic mass is 10.2. The Balaban J connectivity index is 3.54. The summed E-state index contributed by atoms with van der Waals surface area (Å²) in [6.45, 7) is 7.01. The van der Waals surface area contributed by atoms with Crippen molar-refractivity contribution < 1.29 is 9.53 Å². The highest BCUT2D eigenvalue weighted by atomic mass is 16.5. The molecule has 0 radical (unpaired) electrons. The lowest BCUT2D eigenvalue weighted by molar-refractivity contribution is -0.114. The number of ether oxygens (including phenoxy) is 1. The third kappa shape index (κ3) is 5.92. The van der Waals surface area contributed by atoms with E-state index in [-0.39, 0.29) is 5.91 Å². The second-order valence-corrected chi connectivity index (χ2v) is 3.18. The molecule has 0 aromatic heterocycles. The molecular formula is C9H17NO2. The summed E-state index contributed by atoms with van der Waals surface area (Å²) in [4.78, 5) is 10.5. The van der Waals surface area contributed by atoms with Crippen molar-refractivity contribution in [2.45, 2.75) is 20.8 Å². The van der Waals surface area contributed by atoms with E-state index in [1.807, 2.05) is 0 Å². The molecule has 2 N–H and O–H groups in total. The van der Waals surface area contributed by atoms with Crippen LogP contribution in [-0.4, -0.2) is 19.1 Å². The predicted octanol–water partition coefficient (Wildman–Crippen LogP) is 1.09. The number of primary amides is 1. The van der Waals surface area contributed by atoms with Crippen molar-refractivity contribution in [3.05, 3.63) is 11.6 Å². The third-order valence-corrected chi connectivity index (χ3v) is 1.35. The van der Waals surface area contributed by atoms with Gasteiger partial charge >= 0.3 is 0 Å². The Bertz CT molecular complexity index is 173. The Hall–Kier alpha value is -0.830. The minimum atomic E-state index is -0.386. The molecule has 0 aliphatic rings. The molecule has 0 aromatic rings. The summed E-state index contributed by atoms with van der Waals surface area (Å²) in [5.74, 6) is 0.135. The quantitative estimate of drug-likeness (QED) is 0.497. The molecule has 0 fully saturated rings. The van der Waals surface area contributed by atoms with Gasteiger partial charge in [0.1, 0.15) is 0 Å². The average molecular weight is 171 g/mol. The van der Waals surface area contributed by atoms with Crippen LogP contribution in [0.3, 0.4) is 0 Å². The Morgan fingerprint density at radius 2 is 2.17 bits per heavy atom. The van der Waals surface area contributed by atoms with Gasteiger partial charge < -0.3 is 10.5 Å². The maximum absolute atomic E-state index is 10.5. The van der Waals surface area contributed by atoms with Crippen molar-refractivity contribution >= 4 is 5.91 Å². The van der Waals surface area contributed by atoms with E-state index in [0.29, 0.717) is 24.7 Å². The minimum absolute atomic E-state index is 0.386. The standard InChI is InChI=1S/C9H17NO2/c1-7(2)6-12-5-4-8(3)9(10)11/h4,7H,5-6H2,1-3H3,(H2,10,11)/b8-4+. The molecule has 0 aromatic carbocycles. The zero-order chi connectivity index (χ0) is 9.56. The first-order valence-electron chi connectivity index (χ1n) is 4.08. The molecule has 3 heteroatoms. The molecule has 0 spiro atoms. The highest BCUT2D eigenvalue weighted by Gasteiger charge is 1.96. The summed E-state index contributed by atoms with van der Waals surface area (Å²) in [6.07, 6.45) is 1.70. The first-order chi connectivity index (χ1) is 5.54. The Labute approximate surface area is 73.6 Å². The summed E-state index contributed by atoms with van der Waals surface area (Å²) in [5, 5.41) is 0. The highest BCUT2D eigenvalue weighted by Crippen LogP contribution is 1.94. The van der Waals surface area contributed by atoms with Crippen molar-refractivity contribution in [3.8, 4) is 0 Å². The van der Waals surface area contributed by atoms with E-state index in [1.54, 1.807) is 13.0 Å². The van der Waals surface area contributed by atoms with Gasteiger partial charge in [-0.25, -0.2) is 0 Å². The molecule has 0 bridgehead atoms. The Kier molecular flexibility index (Phi) is 5.37. The maximum Gasteiger partial charge on any atom is 0.244 e. The van der Waals surface area contributed by atoms with Gasteiger partial charge in [-0.3, -0.25) is 4.79 Å². The number of carbonyl (C=O) groups excluding carboxylic acids is 1. The second kappa shape index (κ2) is 5.77. The van der Waals surface area contributed by atoms with Gasteiger partial charge in [0.2, 0.25) is 5.91 Å². The van der Waals surface area contributed by atoms with Gasteiger partial charge in [0.15, 0.2) is 0 Å². The van der Waals surface area contributed by atoms with Gasteiger partial charge in [-0.15, -0.1) is 0 Å². The minimum Gasteiger partial charge on any atom is -0.377 e. The topological polar surface area (TPSA) is 52.3 Å². The molecule has 1 amide bonds. The van der Waals surface area contributed by atoms with Crippen LogP contribution in [0.15, 0.2) is 11.6 Å². The summed E-state index contributed by atoms with van der Waals surface area (Å²) < 4.78 is 5.23. The van der Waals surface area contributed by atoms with E-state index in [2.05, 4.69) is 13.8 Å². The molecule has 0 aliphatic carbocycles. The van der Waals surface area contributed by atoms with E-state index < -0.39 is 0 Å². The second-order valence-electron chi connectivity index (χ2n) is 3.18. The van der Waals surface area contributed by atoms with Crippen molar-refractivity contribution in [2.75, 3.05) is 13.2 Å². The van der Waals surface area contributed by atoms with Crippen molar-refractivity contribution in [2.24, 2.45) is 11.7 Å². The number of nitrogens with two attached hydrogens (primary N) is 1. The molecule has 0 aliphatic heterocycles. The first-order valence-corrected chi connectivity index (χ1v) is 4.08. The van der Waals surface area contributed by atoms with E-state index in [4.69, 9.17) is 10.5 Å². The lowest BCUT2D eigenvalue weighted by Crippen LogP contribution is -2.12. The molecule has 0 heterocycles. The fraction of sp³-hybridized carbons (Fsp3) is 0.667. The summed E-state index contributed by atoms with van der Waals surface area (Å²) in [6, 6.07) is 0. The van der Waals surface area contributed by atoms with Gasteiger partial charge in [0.25, 0.3) is 0 Å². The number of hydrogen-bond acceptors (Lipinski definition) is 2. The van der Waals surface area contributed by atoms with Crippen molar-refractivity contribution in [1.82, 2.24) is 0 Å². The van der Waals surface area contributed by atoms with E-state index in [9.17, 15) is 4.79 Å². The van der Waals surface area contributed by atoms with E-state index >= 15 is 0 Å². The molecular weight excluding hydrogens is 154 g/mol. The highest BCUT2D eigenvalue weighted by molar-refractivity contribution is 5.91. The fourth-order valence-corrected chi connectivity index (χ4v) is 0.588. The number of carbonyl (C=O) groups is 1. The number of rotatable bonds is 5. The molecule has 0 atom stereocenters. The van der Waals surface area contributed by atoms with Gasteiger partial charge in [-0.2, -0.15) is 0 Å². The molecule has 3 nitrogen and oxygen atoms in total. The van der Waals surface area contributed by atoms with Crippen LogP contribution in [-0.2, 0) is 9.53 Å². The number of hydrogen-bond donors (Lipinski definition) is 1. The zero-order valence-electron chi connectivity index (χ0n) is 7.96. The van der Waals surface area contributed by atoms with E-state index in [0.717, 1.165) is 0 Å². The maximum atomic E-state index is 10.5. The molecule has 70 valence electrons. The van der Waals surface area contributed by atoms with Gasteiger partial charge in [-0.1, -0.05) is 19.9 Å². The van der Waals surface area contributed by atoms with Crippen molar-refractivity contribution in [1.29, 1.82) is 0 Å². The van der Waals surface area contributed by atoms with Crippen LogP contribution in [0.1, 0.15) is 20.8 Å². The first kappa shape index (κ1) is 11.2. The summed E-state index contributed by atoms with van der Waals surface area (Å²) in [5.41, 5.74) is 5.57. The van der Waals surface area contributed by atoms with Crippen LogP contribution >= 0.6 is 0 Å². The zero-order valence-corrected chi connectivity index (χ0v) is 7.96. The van der Waals surface area contributed by atoms with Gasteiger partial charge in [-0.05, 0) is 12.8 Å². The summed E-state index contributed by atoms with van der Waals surface area (Å²) >= 11 is 0. The lowest BCUT2D eigenvalue weighted by Gasteiger charge is -2.03. The van der Waals surface area contributed by atoms with Gasteiger partial charge in [0.05, 0.1) is 6.61 Å². The van der Waals surface area contributed by atoms with Crippen LogP contribution in [0.2, 0.25) is 0 Å². The van der Waals surface area contributed by atoms with Crippen LogP contribution in [0, 0.1) is 5.92 Å². The summed E-state index contributed by atoms with van der Waals surface area (Å²) in [7, 11) is 0. The third-order valence-electron chi connectivity index (χ3n) is 1.35. The van der Waals surface area contributed by atoms with Crippen LogP contribution in [0.4, 0.5) is 0 Å². The van der Waals surface area contributed by atoms with Crippen molar-refractivity contribution in [3.63, 3.8) is 0 Å². The molecule has 0 saturated heterocycles. The molecule has 12 heavy (non-hydrogen) atoms. The molecule has 0 rings (SSSR count). The molecule has 0 unspecified atom stereocenters. The average Bonchev–Trinajstić information content (AvgIpc) is 1.97. The fourth-order valence-electron chi connectivity index (χ4n) is 0.588. The largest absolute Gasteiger partial charge is 0.377 e. The monoisotopic (exact) mass is 171 g/mol. The number of amides is 1. The Morgan fingerprint density at radius 1 is 1.58 bits per heavy atom. The predicted molar refractivity (Wildman–Crippen MR) is 48.6 cm³/mol.